The summed E-state index contributed by atoms with van der Waals surface area (Å²) in [7, 11) is 0. The zero-order valence-electron chi connectivity index (χ0n) is 23.2. The summed E-state index contributed by atoms with van der Waals surface area (Å²) in [5.74, 6) is 2.65. The number of aromatic nitrogens is 3. The van der Waals surface area contributed by atoms with Crippen molar-refractivity contribution in [1.29, 1.82) is 5.26 Å². The van der Waals surface area contributed by atoms with E-state index in [2.05, 4.69) is 56.3 Å². The highest BCUT2D eigenvalue weighted by atomic mass is 16.5. The van der Waals surface area contributed by atoms with Crippen LogP contribution in [0.2, 0.25) is 0 Å². The molecule has 0 spiro atoms. The van der Waals surface area contributed by atoms with Gasteiger partial charge in [0.2, 0.25) is 0 Å². The van der Waals surface area contributed by atoms with Gasteiger partial charge in [0.05, 0.1) is 11.6 Å². The van der Waals surface area contributed by atoms with Gasteiger partial charge < -0.3 is 4.74 Å². The Kier molecular flexibility index (Phi) is 6.10. The van der Waals surface area contributed by atoms with Crippen molar-refractivity contribution in [3.8, 4) is 68.2 Å². The first-order valence-corrected chi connectivity index (χ1v) is 13.8. The molecule has 5 heteroatoms. The summed E-state index contributed by atoms with van der Waals surface area (Å²) in [6, 6.07) is 42.3. The third kappa shape index (κ3) is 4.49. The lowest BCUT2D eigenvalue weighted by Gasteiger charge is -2.36. The van der Waals surface area contributed by atoms with E-state index in [1.54, 1.807) is 0 Å². The normalized spacial score (nSPS) is 12.9. The topological polar surface area (TPSA) is 71.7 Å². The van der Waals surface area contributed by atoms with E-state index in [1.165, 1.54) is 0 Å². The predicted octanol–water partition coefficient (Wildman–Crippen LogP) is 8.71. The predicted molar refractivity (Wildman–Crippen MR) is 165 cm³/mol. The Morgan fingerprint density at radius 2 is 1.14 bits per heavy atom. The molecular weight excluding hydrogens is 516 g/mol. The molecule has 0 radical (unpaired) electrons. The summed E-state index contributed by atoms with van der Waals surface area (Å²) in [6.45, 7) is 4.18. The molecule has 5 nitrogen and oxygen atoms in total. The number of nitriles is 1. The zero-order chi connectivity index (χ0) is 28.7. The summed E-state index contributed by atoms with van der Waals surface area (Å²) in [4.78, 5) is 15.0. The lowest BCUT2D eigenvalue weighted by atomic mass is 9.82. The Morgan fingerprint density at radius 3 is 1.93 bits per heavy atom. The molecule has 0 amide bonds. The molecule has 7 rings (SSSR count). The highest BCUT2D eigenvalue weighted by molar-refractivity contribution is 5.83. The monoisotopic (exact) mass is 542 g/mol. The fraction of sp³-hybridized carbons (Fsp3) is 0.0811. The number of ether oxygens (including phenoxy) is 1. The smallest absolute Gasteiger partial charge is 0.164 e. The van der Waals surface area contributed by atoms with E-state index in [1.807, 2.05) is 84.9 Å². The molecule has 6 aromatic rings. The first-order valence-electron chi connectivity index (χ1n) is 13.8. The van der Waals surface area contributed by atoms with Crippen LogP contribution in [0.5, 0.6) is 5.75 Å². The van der Waals surface area contributed by atoms with Gasteiger partial charge in [-0.25, -0.2) is 15.0 Å². The van der Waals surface area contributed by atoms with E-state index in [0.717, 1.165) is 50.3 Å². The summed E-state index contributed by atoms with van der Waals surface area (Å²) in [5.41, 5.74) is 7.99. The summed E-state index contributed by atoms with van der Waals surface area (Å²) < 4.78 is 6.53. The maximum Gasteiger partial charge on any atom is 0.164 e. The minimum absolute atomic E-state index is 0.585. The number of para-hydroxylation sites is 1. The second kappa shape index (κ2) is 10.1. The molecule has 42 heavy (non-hydrogen) atoms. The van der Waals surface area contributed by atoms with Crippen LogP contribution in [0.15, 0.2) is 121 Å². The molecule has 1 aromatic heterocycles. The van der Waals surface area contributed by atoms with E-state index in [0.29, 0.717) is 23.0 Å². The lowest BCUT2D eigenvalue weighted by Crippen LogP contribution is -2.30. The Morgan fingerprint density at radius 1 is 0.548 bits per heavy atom. The molecule has 0 saturated carbocycles. The van der Waals surface area contributed by atoms with Gasteiger partial charge in [-0.15, -0.1) is 0 Å². The Hall–Kier alpha value is -5.60. The average molecular weight is 543 g/mol. The van der Waals surface area contributed by atoms with Crippen molar-refractivity contribution in [3.05, 3.63) is 132 Å². The van der Waals surface area contributed by atoms with Gasteiger partial charge in [0.1, 0.15) is 11.4 Å². The van der Waals surface area contributed by atoms with Gasteiger partial charge in [0.25, 0.3) is 0 Å². The molecule has 1 aliphatic rings. The molecule has 0 N–H and O–H groups in total. The van der Waals surface area contributed by atoms with Gasteiger partial charge in [0, 0.05) is 27.8 Å². The van der Waals surface area contributed by atoms with Crippen molar-refractivity contribution in [1.82, 2.24) is 15.0 Å². The van der Waals surface area contributed by atoms with E-state index in [-0.39, 0.29) is 0 Å². The Bertz CT molecular complexity index is 1990. The molecule has 0 atom stereocenters. The van der Waals surface area contributed by atoms with Crippen LogP contribution in [-0.4, -0.2) is 15.0 Å². The number of hydrogen-bond donors (Lipinski definition) is 0. The molecule has 0 aliphatic carbocycles. The molecule has 0 bridgehead atoms. The molecule has 0 saturated heterocycles. The third-order valence-corrected chi connectivity index (χ3v) is 7.59. The Labute approximate surface area is 244 Å². The fourth-order valence-corrected chi connectivity index (χ4v) is 5.63. The minimum Gasteiger partial charge on any atom is -0.482 e. The maximum absolute atomic E-state index is 9.21. The first-order chi connectivity index (χ1) is 20.5. The zero-order valence-corrected chi connectivity index (χ0v) is 23.2. The van der Waals surface area contributed by atoms with Crippen molar-refractivity contribution < 1.29 is 4.74 Å². The number of fused-ring (bicyclic) bond motifs is 3. The summed E-state index contributed by atoms with van der Waals surface area (Å²) >= 11 is 0. The molecule has 0 fully saturated rings. The van der Waals surface area contributed by atoms with Crippen molar-refractivity contribution in [2.75, 3.05) is 0 Å². The van der Waals surface area contributed by atoms with Gasteiger partial charge >= 0.3 is 0 Å². The maximum atomic E-state index is 9.21. The van der Waals surface area contributed by atoms with Gasteiger partial charge in [-0.1, -0.05) is 97.1 Å². The standard InChI is InChI=1S/C37H26N4O/c1-37(2)33-30(29-14-6-7-17-32(29)42-37)15-9-16-31(33)36-40-34(26-10-4-3-5-11-26)39-35(41-36)28-13-8-12-27(22-28)25-20-18-24(23-38)19-21-25/h3-22H,1-2H3. The quantitative estimate of drug-likeness (QED) is 0.223. The molecular formula is C37H26N4O. The van der Waals surface area contributed by atoms with Gasteiger partial charge in [-0.3, -0.25) is 0 Å². The van der Waals surface area contributed by atoms with Crippen molar-refractivity contribution in [3.63, 3.8) is 0 Å². The molecule has 1 aliphatic heterocycles. The minimum atomic E-state index is -0.602. The lowest BCUT2D eigenvalue weighted by molar-refractivity contribution is 0.106. The van der Waals surface area contributed by atoms with Crippen LogP contribution in [-0.2, 0) is 5.60 Å². The molecule has 200 valence electrons. The fourth-order valence-electron chi connectivity index (χ4n) is 5.63. The van der Waals surface area contributed by atoms with E-state index in [4.69, 9.17) is 19.7 Å². The third-order valence-electron chi connectivity index (χ3n) is 7.59. The van der Waals surface area contributed by atoms with E-state index >= 15 is 0 Å². The summed E-state index contributed by atoms with van der Waals surface area (Å²) in [5, 5.41) is 9.21. The highest BCUT2D eigenvalue weighted by Gasteiger charge is 2.35. The van der Waals surface area contributed by atoms with Gasteiger partial charge in [-0.05, 0) is 54.8 Å². The molecule has 5 aromatic carbocycles. The molecule has 2 heterocycles. The van der Waals surface area contributed by atoms with Crippen LogP contribution in [0.3, 0.4) is 0 Å². The highest BCUT2D eigenvalue weighted by Crippen LogP contribution is 2.48. The van der Waals surface area contributed by atoms with Crippen LogP contribution in [0.4, 0.5) is 0 Å². The second-order valence-corrected chi connectivity index (χ2v) is 10.8. The van der Waals surface area contributed by atoms with Crippen LogP contribution in [0.25, 0.3) is 56.4 Å². The second-order valence-electron chi connectivity index (χ2n) is 10.8. The average Bonchev–Trinajstić information content (AvgIpc) is 3.04. The van der Waals surface area contributed by atoms with E-state index in [9.17, 15) is 5.26 Å². The van der Waals surface area contributed by atoms with Gasteiger partial charge in [0.15, 0.2) is 17.5 Å². The van der Waals surface area contributed by atoms with Crippen molar-refractivity contribution >= 4 is 0 Å². The number of hydrogen-bond acceptors (Lipinski definition) is 5. The van der Waals surface area contributed by atoms with Crippen LogP contribution < -0.4 is 4.74 Å². The summed E-state index contributed by atoms with van der Waals surface area (Å²) in [6.07, 6.45) is 0. The first kappa shape index (κ1) is 25.4. The van der Waals surface area contributed by atoms with Crippen LogP contribution >= 0.6 is 0 Å². The number of nitrogens with zero attached hydrogens (tertiary/aromatic N) is 4. The van der Waals surface area contributed by atoms with Crippen molar-refractivity contribution in [2.45, 2.75) is 19.4 Å². The number of benzene rings is 5. The Balaban J connectivity index is 1.43. The van der Waals surface area contributed by atoms with E-state index < -0.39 is 5.60 Å². The number of rotatable bonds is 4. The van der Waals surface area contributed by atoms with Crippen LogP contribution in [0.1, 0.15) is 25.0 Å². The molecule has 0 unspecified atom stereocenters. The van der Waals surface area contributed by atoms with Crippen LogP contribution in [0, 0.1) is 11.3 Å². The largest absolute Gasteiger partial charge is 0.482 e. The van der Waals surface area contributed by atoms with Gasteiger partial charge in [-0.2, -0.15) is 5.26 Å². The van der Waals surface area contributed by atoms with Crippen molar-refractivity contribution in [2.24, 2.45) is 0 Å². The SMILES string of the molecule is CC1(C)Oc2ccccc2-c2cccc(-c3nc(-c4ccccc4)nc(-c4cccc(-c5ccc(C#N)cc5)c4)n3)c21.